The van der Waals surface area contributed by atoms with Crippen molar-refractivity contribution in [2.75, 3.05) is 33.5 Å². The fourth-order valence-corrected chi connectivity index (χ4v) is 3.84. The van der Waals surface area contributed by atoms with E-state index in [9.17, 15) is 19.8 Å². The molecule has 0 radical (unpaired) electrons. The second-order valence-corrected chi connectivity index (χ2v) is 7.29. The number of methoxy groups -OCH3 is 1. The summed E-state index contributed by atoms with van der Waals surface area (Å²) in [5, 5.41) is 20.8. The van der Waals surface area contributed by atoms with E-state index in [2.05, 4.69) is 0 Å². The van der Waals surface area contributed by atoms with Crippen LogP contribution in [0.4, 0.5) is 0 Å². The zero-order chi connectivity index (χ0) is 22.0. The van der Waals surface area contributed by atoms with Crippen molar-refractivity contribution in [3.8, 4) is 17.2 Å². The summed E-state index contributed by atoms with van der Waals surface area (Å²) in [7, 11) is 1.56. The van der Waals surface area contributed by atoms with Crippen molar-refractivity contribution in [2.45, 2.75) is 12.5 Å². The average Bonchev–Trinajstić information content (AvgIpc) is 3.04. The lowest BCUT2D eigenvalue weighted by Gasteiger charge is -2.25. The molecule has 4 rings (SSSR count). The summed E-state index contributed by atoms with van der Waals surface area (Å²) in [5.41, 5.74) is 0.946. The molecule has 8 heteroatoms. The number of ketones is 1. The van der Waals surface area contributed by atoms with Crippen LogP contribution in [-0.2, 0) is 14.3 Å². The van der Waals surface area contributed by atoms with Crippen LogP contribution in [0.1, 0.15) is 23.6 Å². The molecule has 2 heterocycles. The van der Waals surface area contributed by atoms with Crippen molar-refractivity contribution < 1.29 is 34.0 Å². The standard InChI is InChI=1S/C23H23NO7/c1-29-10-2-9-24-20(14-3-6-16(25)7-4-14)19(22(27)23(24)28)21(26)15-5-8-17-18(13-15)31-12-11-30-17/h3-8,13,20,25-26H,2,9-12H2,1H3/b21-19+. The number of aromatic hydroxyl groups is 1. The Morgan fingerprint density at radius 1 is 1.10 bits per heavy atom. The Morgan fingerprint density at radius 2 is 1.81 bits per heavy atom. The Balaban J connectivity index is 1.79. The van der Waals surface area contributed by atoms with E-state index in [-0.39, 0.29) is 23.6 Å². The molecule has 2 aliphatic heterocycles. The maximum Gasteiger partial charge on any atom is 0.295 e. The molecule has 0 aliphatic carbocycles. The van der Waals surface area contributed by atoms with E-state index >= 15 is 0 Å². The number of likely N-dealkylation sites (tertiary alicyclic amines) is 1. The minimum atomic E-state index is -0.786. The second-order valence-electron chi connectivity index (χ2n) is 7.29. The quantitative estimate of drug-likeness (QED) is 0.317. The number of ether oxygens (including phenoxy) is 3. The number of phenols is 1. The molecule has 2 aromatic rings. The van der Waals surface area contributed by atoms with Gasteiger partial charge in [0.25, 0.3) is 11.7 Å². The van der Waals surface area contributed by atoms with Gasteiger partial charge in [-0.3, -0.25) is 9.59 Å². The number of rotatable bonds is 6. The molecule has 0 spiro atoms. The number of aliphatic hydroxyl groups is 1. The van der Waals surface area contributed by atoms with Crippen LogP contribution in [0.15, 0.2) is 48.0 Å². The van der Waals surface area contributed by atoms with Gasteiger partial charge in [-0.25, -0.2) is 0 Å². The number of hydrogen-bond donors (Lipinski definition) is 2. The molecular formula is C23H23NO7. The predicted molar refractivity (Wildman–Crippen MR) is 111 cm³/mol. The molecule has 162 valence electrons. The SMILES string of the molecule is COCCCN1C(=O)C(=O)/C(=C(/O)c2ccc3c(c2)OCCO3)C1c1ccc(O)cc1. The van der Waals surface area contributed by atoms with E-state index in [0.717, 1.165) is 0 Å². The third-order valence-electron chi connectivity index (χ3n) is 5.31. The zero-order valence-corrected chi connectivity index (χ0v) is 17.0. The van der Waals surface area contributed by atoms with Gasteiger partial charge in [0.05, 0.1) is 11.6 Å². The number of hydrogen-bond acceptors (Lipinski definition) is 7. The van der Waals surface area contributed by atoms with Crippen LogP contribution in [0.5, 0.6) is 17.2 Å². The van der Waals surface area contributed by atoms with Crippen molar-refractivity contribution in [1.29, 1.82) is 0 Å². The topological polar surface area (TPSA) is 106 Å². The largest absolute Gasteiger partial charge is 0.508 e. The van der Waals surface area contributed by atoms with Crippen LogP contribution in [0.3, 0.4) is 0 Å². The third kappa shape index (κ3) is 3.94. The Bertz CT molecular complexity index is 1030. The van der Waals surface area contributed by atoms with Crippen molar-refractivity contribution in [3.05, 3.63) is 59.2 Å². The zero-order valence-electron chi connectivity index (χ0n) is 17.0. The summed E-state index contributed by atoms with van der Waals surface area (Å²) in [4.78, 5) is 27.2. The number of amides is 1. The number of nitrogens with zero attached hydrogens (tertiary/aromatic N) is 1. The Hall–Kier alpha value is -3.52. The molecule has 0 saturated carbocycles. The highest BCUT2D eigenvalue weighted by atomic mass is 16.6. The van der Waals surface area contributed by atoms with Crippen molar-refractivity contribution in [2.24, 2.45) is 0 Å². The lowest BCUT2D eigenvalue weighted by atomic mass is 9.95. The molecule has 2 aromatic carbocycles. The lowest BCUT2D eigenvalue weighted by Crippen LogP contribution is -2.31. The van der Waals surface area contributed by atoms with Gasteiger partial charge < -0.3 is 29.3 Å². The smallest absolute Gasteiger partial charge is 0.295 e. The van der Waals surface area contributed by atoms with Crippen LogP contribution in [0, 0.1) is 0 Å². The van der Waals surface area contributed by atoms with Crippen molar-refractivity contribution >= 4 is 17.4 Å². The van der Waals surface area contributed by atoms with Gasteiger partial charge in [0.1, 0.15) is 24.7 Å². The van der Waals surface area contributed by atoms with Gasteiger partial charge >= 0.3 is 0 Å². The molecule has 0 bridgehead atoms. The first-order valence-electron chi connectivity index (χ1n) is 9.97. The average molecular weight is 425 g/mol. The van der Waals surface area contributed by atoms with Gasteiger partial charge in [-0.05, 0) is 42.3 Å². The number of benzene rings is 2. The molecule has 1 amide bonds. The number of carbonyl (C=O) groups is 2. The molecule has 1 unspecified atom stereocenters. The molecule has 8 nitrogen and oxygen atoms in total. The highest BCUT2D eigenvalue weighted by Gasteiger charge is 2.45. The molecule has 31 heavy (non-hydrogen) atoms. The molecule has 1 saturated heterocycles. The van der Waals surface area contributed by atoms with Crippen LogP contribution in [0.25, 0.3) is 5.76 Å². The van der Waals surface area contributed by atoms with E-state index in [1.54, 1.807) is 37.4 Å². The highest BCUT2D eigenvalue weighted by Crippen LogP contribution is 2.41. The Kier molecular flexibility index (Phi) is 5.81. The summed E-state index contributed by atoms with van der Waals surface area (Å²) < 4.78 is 16.2. The van der Waals surface area contributed by atoms with Crippen LogP contribution >= 0.6 is 0 Å². The predicted octanol–water partition coefficient (Wildman–Crippen LogP) is 2.62. The van der Waals surface area contributed by atoms with Gasteiger partial charge in [0.2, 0.25) is 0 Å². The first-order chi connectivity index (χ1) is 15.0. The van der Waals surface area contributed by atoms with Crippen LogP contribution in [0.2, 0.25) is 0 Å². The van der Waals surface area contributed by atoms with E-state index in [4.69, 9.17) is 14.2 Å². The number of carbonyl (C=O) groups excluding carboxylic acids is 2. The first kappa shape index (κ1) is 20.7. The van der Waals surface area contributed by atoms with Crippen LogP contribution in [-0.4, -0.2) is 60.3 Å². The fourth-order valence-electron chi connectivity index (χ4n) is 3.84. The van der Waals surface area contributed by atoms with Gasteiger partial charge in [0, 0.05) is 25.8 Å². The normalized spacial score (nSPS) is 19.6. The number of phenolic OH excluding ortho intramolecular Hbond substituents is 1. The molecular weight excluding hydrogens is 402 g/mol. The Labute approximate surface area is 179 Å². The summed E-state index contributed by atoms with van der Waals surface area (Å²) in [5.74, 6) is -0.658. The maximum atomic E-state index is 13.0. The maximum absolute atomic E-state index is 13.0. The van der Waals surface area contributed by atoms with Gasteiger partial charge in [-0.1, -0.05) is 12.1 Å². The lowest BCUT2D eigenvalue weighted by molar-refractivity contribution is -0.140. The minimum absolute atomic E-state index is 0.00946. The minimum Gasteiger partial charge on any atom is -0.508 e. The molecule has 1 fully saturated rings. The number of aliphatic hydroxyl groups excluding tert-OH is 1. The van der Waals surface area contributed by atoms with Gasteiger partial charge in [-0.2, -0.15) is 0 Å². The monoisotopic (exact) mass is 425 g/mol. The van der Waals surface area contributed by atoms with Gasteiger partial charge in [0.15, 0.2) is 11.5 Å². The molecule has 0 aromatic heterocycles. The fraction of sp³-hybridized carbons (Fsp3) is 0.304. The second kappa shape index (κ2) is 8.69. The highest BCUT2D eigenvalue weighted by molar-refractivity contribution is 6.46. The summed E-state index contributed by atoms with van der Waals surface area (Å²) in [6, 6.07) is 10.3. The van der Waals surface area contributed by atoms with E-state index in [0.29, 0.717) is 48.9 Å². The summed E-state index contributed by atoms with van der Waals surface area (Å²) in [6.45, 7) is 1.52. The third-order valence-corrected chi connectivity index (χ3v) is 5.31. The van der Waals surface area contributed by atoms with Crippen molar-refractivity contribution in [1.82, 2.24) is 4.90 Å². The summed E-state index contributed by atoms with van der Waals surface area (Å²) in [6.07, 6.45) is 0.530. The van der Waals surface area contributed by atoms with E-state index in [1.807, 2.05) is 0 Å². The van der Waals surface area contributed by atoms with Crippen molar-refractivity contribution in [3.63, 3.8) is 0 Å². The van der Waals surface area contributed by atoms with E-state index in [1.165, 1.54) is 17.0 Å². The Morgan fingerprint density at radius 3 is 2.52 bits per heavy atom. The summed E-state index contributed by atoms with van der Waals surface area (Å²) >= 11 is 0. The molecule has 2 aliphatic rings. The van der Waals surface area contributed by atoms with Gasteiger partial charge in [-0.15, -0.1) is 0 Å². The van der Waals surface area contributed by atoms with Crippen LogP contribution < -0.4 is 9.47 Å². The molecule has 2 N–H and O–H groups in total. The first-order valence-corrected chi connectivity index (χ1v) is 9.97. The van der Waals surface area contributed by atoms with E-state index < -0.39 is 17.7 Å². The molecule has 1 atom stereocenters. The number of fused-ring (bicyclic) bond motifs is 1. The number of Topliss-reactive ketones (excluding diaryl/α,β-unsaturated/α-hetero) is 1.